The predicted octanol–water partition coefficient (Wildman–Crippen LogP) is 3.21. The average Bonchev–Trinajstić information content (AvgIpc) is 2.81. The summed E-state index contributed by atoms with van der Waals surface area (Å²) in [5.41, 5.74) is 3.95. The molecule has 3 heteroatoms. The normalized spacial score (nSPS) is 14.1. The van der Waals surface area contributed by atoms with Crippen LogP contribution in [0.2, 0.25) is 0 Å². The summed E-state index contributed by atoms with van der Waals surface area (Å²) in [6.07, 6.45) is 0. The van der Waals surface area contributed by atoms with Gasteiger partial charge in [-0.15, -0.1) is 0 Å². The molecule has 2 nitrogen and oxygen atoms in total. The maximum Gasteiger partial charge on any atom is 0.123 e. The quantitative estimate of drug-likeness (QED) is 0.820. The Labute approximate surface area is 111 Å². The van der Waals surface area contributed by atoms with E-state index in [9.17, 15) is 4.39 Å². The number of hydrogen-bond acceptors (Lipinski definition) is 2. The van der Waals surface area contributed by atoms with Crippen LogP contribution in [-0.4, -0.2) is 4.90 Å². The van der Waals surface area contributed by atoms with E-state index in [1.54, 1.807) is 6.07 Å². The summed E-state index contributed by atoms with van der Waals surface area (Å²) in [5.74, 6) is -0.286. The molecular formula is C16H13FN2. The monoisotopic (exact) mass is 252 g/mol. The molecule has 0 saturated carbocycles. The lowest BCUT2D eigenvalue weighted by molar-refractivity contribution is 0.275. The third-order valence-corrected chi connectivity index (χ3v) is 3.49. The highest BCUT2D eigenvalue weighted by atomic mass is 19.1. The minimum absolute atomic E-state index is 0.286. The fraction of sp³-hybridized carbons (Fsp3) is 0.188. The Morgan fingerprint density at radius 1 is 1.11 bits per heavy atom. The Kier molecular flexibility index (Phi) is 3.02. The van der Waals surface area contributed by atoms with Gasteiger partial charge in [-0.2, -0.15) is 5.26 Å². The summed E-state index contributed by atoms with van der Waals surface area (Å²) < 4.78 is 13.3. The maximum absolute atomic E-state index is 13.3. The van der Waals surface area contributed by atoms with Crippen molar-refractivity contribution >= 4 is 0 Å². The molecule has 1 heterocycles. The molecule has 0 saturated heterocycles. The first-order chi connectivity index (χ1) is 9.26. The van der Waals surface area contributed by atoms with Gasteiger partial charge in [0.05, 0.1) is 11.6 Å². The summed E-state index contributed by atoms with van der Waals surface area (Å²) in [7, 11) is 0. The second kappa shape index (κ2) is 4.83. The van der Waals surface area contributed by atoms with Gasteiger partial charge >= 0.3 is 0 Å². The molecule has 0 aromatic heterocycles. The summed E-state index contributed by atoms with van der Waals surface area (Å²) in [6.45, 7) is 2.32. The van der Waals surface area contributed by atoms with Gasteiger partial charge < -0.3 is 0 Å². The Hall–Kier alpha value is -2.18. The fourth-order valence-corrected chi connectivity index (χ4v) is 2.56. The maximum atomic E-state index is 13.3. The number of fused-ring (bicyclic) bond motifs is 1. The Morgan fingerprint density at radius 3 is 2.42 bits per heavy atom. The van der Waals surface area contributed by atoms with Gasteiger partial charge in [-0.3, -0.25) is 4.90 Å². The van der Waals surface area contributed by atoms with Gasteiger partial charge in [-0.25, -0.2) is 4.39 Å². The third kappa shape index (κ3) is 2.35. The Bertz CT molecular complexity index is 633. The molecule has 0 amide bonds. The fourth-order valence-electron chi connectivity index (χ4n) is 2.56. The summed E-state index contributed by atoms with van der Waals surface area (Å²) in [6, 6.07) is 14.8. The van der Waals surface area contributed by atoms with Gasteiger partial charge in [-0.1, -0.05) is 24.3 Å². The van der Waals surface area contributed by atoms with E-state index >= 15 is 0 Å². The van der Waals surface area contributed by atoms with Crippen molar-refractivity contribution in [1.29, 1.82) is 5.26 Å². The molecular weight excluding hydrogens is 239 g/mol. The molecule has 0 N–H and O–H groups in total. The van der Waals surface area contributed by atoms with Crippen LogP contribution in [0.15, 0.2) is 42.5 Å². The lowest BCUT2D eigenvalue weighted by Gasteiger charge is -2.15. The van der Waals surface area contributed by atoms with Gasteiger partial charge in [0, 0.05) is 19.6 Å². The minimum atomic E-state index is -0.286. The summed E-state index contributed by atoms with van der Waals surface area (Å²) >= 11 is 0. The molecule has 1 aliphatic rings. The molecule has 2 aromatic rings. The van der Waals surface area contributed by atoms with E-state index in [4.69, 9.17) is 5.26 Å². The van der Waals surface area contributed by atoms with Crippen molar-refractivity contribution < 1.29 is 4.39 Å². The molecule has 0 spiro atoms. The summed E-state index contributed by atoms with van der Waals surface area (Å²) in [5, 5.41) is 9.07. The van der Waals surface area contributed by atoms with Crippen molar-refractivity contribution in [2.24, 2.45) is 0 Å². The van der Waals surface area contributed by atoms with Gasteiger partial charge in [0.1, 0.15) is 5.82 Å². The van der Waals surface area contributed by atoms with E-state index in [0.717, 1.165) is 18.7 Å². The zero-order valence-electron chi connectivity index (χ0n) is 10.4. The number of nitriles is 1. The molecule has 1 aliphatic heterocycles. The van der Waals surface area contributed by atoms with Crippen LogP contribution in [0.4, 0.5) is 4.39 Å². The molecule has 0 radical (unpaired) electrons. The van der Waals surface area contributed by atoms with Crippen molar-refractivity contribution in [3.05, 3.63) is 70.5 Å². The zero-order valence-corrected chi connectivity index (χ0v) is 10.4. The first kappa shape index (κ1) is 11.9. The number of hydrogen-bond donors (Lipinski definition) is 0. The predicted molar refractivity (Wildman–Crippen MR) is 70.5 cm³/mol. The molecule has 0 bridgehead atoms. The van der Waals surface area contributed by atoms with Crippen LogP contribution in [0.1, 0.15) is 22.3 Å². The highest BCUT2D eigenvalue weighted by Gasteiger charge is 2.19. The van der Waals surface area contributed by atoms with Crippen LogP contribution in [0.3, 0.4) is 0 Å². The molecule has 94 valence electrons. The third-order valence-electron chi connectivity index (χ3n) is 3.49. The number of rotatable bonds is 2. The lowest BCUT2D eigenvalue weighted by Crippen LogP contribution is -2.16. The van der Waals surface area contributed by atoms with E-state index in [0.29, 0.717) is 12.1 Å². The number of nitrogens with zero attached hydrogens (tertiary/aromatic N) is 2. The van der Waals surface area contributed by atoms with E-state index < -0.39 is 0 Å². The van der Waals surface area contributed by atoms with Crippen molar-refractivity contribution in [1.82, 2.24) is 4.90 Å². The largest absolute Gasteiger partial charge is 0.291 e. The van der Waals surface area contributed by atoms with E-state index in [-0.39, 0.29) is 5.82 Å². The van der Waals surface area contributed by atoms with Crippen LogP contribution in [0, 0.1) is 17.1 Å². The minimum Gasteiger partial charge on any atom is -0.291 e. The highest BCUT2D eigenvalue weighted by Crippen LogP contribution is 2.24. The molecule has 0 unspecified atom stereocenters. The topological polar surface area (TPSA) is 27.0 Å². The average molecular weight is 252 g/mol. The van der Waals surface area contributed by atoms with E-state index in [1.807, 2.05) is 12.1 Å². The highest BCUT2D eigenvalue weighted by molar-refractivity contribution is 5.38. The van der Waals surface area contributed by atoms with E-state index in [2.05, 4.69) is 23.1 Å². The van der Waals surface area contributed by atoms with Gasteiger partial charge in [0.15, 0.2) is 0 Å². The standard InChI is InChI=1S/C16H13FN2/c17-16-6-5-12(8-18)15(7-16)11-19-9-13-3-1-2-4-14(13)10-19/h1-7H,9-11H2. The smallest absolute Gasteiger partial charge is 0.123 e. The second-order valence-electron chi connectivity index (χ2n) is 4.83. The molecule has 0 fully saturated rings. The van der Waals surface area contributed by atoms with Crippen molar-refractivity contribution in [2.45, 2.75) is 19.6 Å². The van der Waals surface area contributed by atoms with Crippen LogP contribution in [0.5, 0.6) is 0 Å². The molecule has 2 aromatic carbocycles. The van der Waals surface area contributed by atoms with Crippen LogP contribution in [-0.2, 0) is 19.6 Å². The van der Waals surface area contributed by atoms with Gasteiger partial charge in [0.25, 0.3) is 0 Å². The van der Waals surface area contributed by atoms with Crippen molar-refractivity contribution in [2.75, 3.05) is 0 Å². The number of benzene rings is 2. The van der Waals surface area contributed by atoms with Crippen LogP contribution < -0.4 is 0 Å². The van der Waals surface area contributed by atoms with Crippen molar-refractivity contribution in [3.8, 4) is 6.07 Å². The lowest BCUT2D eigenvalue weighted by atomic mass is 10.1. The SMILES string of the molecule is N#Cc1ccc(F)cc1CN1Cc2ccccc2C1. The van der Waals surface area contributed by atoms with Gasteiger partial charge in [-0.05, 0) is 34.9 Å². The zero-order chi connectivity index (χ0) is 13.2. The molecule has 19 heavy (non-hydrogen) atoms. The molecule has 3 rings (SSSR count). The second-order valence-corrected chi connectivity index (χ2v) is 4.83. The van der Waals surface area contributed by atoms with Crippen molar-refractivity contribution in [3.63, 3.8) is 0 Å². The van der Waals surface area contributed by atoms with Gasteiger partial charge in [0.2, 0.25) is 0 Å². The molecule has 0 aliphatic carbocycles. The Balaban J connectivity index is 1.81. The van der Waals surface area contributed by atoms with Crippen LogP contribution in [0.25, 0.3) is 0 Å². The first-order valence-electron chi connectivity index (χ1n) is 6.24. The number of halogens is 1. The van der Waals surface area contributed by atoms with Crippen LogP contribution >= 0.6 is 0 Å². The Morgan fingerprint density at radius 2 is 1.79 bits per heavy atom. The van der Waals surface area contributed by atoms with E-state index in [1.165, 1.54) is 23.3 Å². The first-order valence-corrected chi connectivity index (χ1v) is 6.24. The molecule has 0 atom stereocenters. The summed E-state index contributed by atoms with van der Waals surface area (Å²) in [4.78, 5) is 2.22.